The summed E-state index contributed by atoms with van der Waals surface area (Å²) < 4.78 is 5.09. The number of rotatable bonds is 7. The molecule has 1 aromatic heterocycles. The standard InChI is InChI=1S/C14H25N3O2/c1-9(2)6-7-15-14(18)11(4)16-8-13-10(3)17-19-12(13)5/h9,11,16H,6-8H2,1-5H3,(H,15,18). The van der Waals surface area contributed by atoms with Crippen LogP contribution in [0.25, 0.3) is 0 Å². The predicted molar refractivity (Wildman–Crippen MR) is 74.7 cm³/mol. The number of amides is 1. The summed E-state index contributed by atoms with van der Waals surface area (Å²) in [7, 11) is 0. The maximum Gasteiger partial charge on any atom is 0.236 e. The van der Waals surface area contributed by atoms with E-state index in [9.17, 15) is 4.79 Å². The minimum Gasteiger partial charge on any atom is -0.361 e. The first-order valence-corrected chi connectivity index (χ1v) is 6.84. The quantitative estimate of drug-likeness (QED) is 0.792. The Balaban J connectivity index is 2.34. The highest BCUT2D eigenvalue weighted by molar-refractivity contribution is 5.81. The first-order valence-electron chi connectivity index (χ1n) is 6.84. The van der Waals surface area contributed by atoms with Gasteiger partial charge in [0.05, 0.1) is 11.7 Å². The van der Waals surface area contributed by atoms with Gasteiger partial charge in [0.15, 0.2) is 0 Å². The average Bonchev–Trinajstić information content (AvgIpc) is 2.65. The summed E-state index contributed by atoms with van der Waals surface area (Å²) in [6, 6.07) is -0.221. The van der Waals surface area contributed by atoms with E-state index in [-0.39, 0.29) is 11.9 Å². The number of nitrogens with zero attached hydrogens (tertiary/aromatic N) is 1. The van der Waals surface area contributed by atoms with Crippen molar-refractivity contribution >= 4 is 5.91 Å². The predicted octanol–water partition coefficient (Wildman–Crippen LogP) is 1.93. The van der Waals surface area contributed by atoms with Crippen LogP contribution < -0.4 is 10.6 Å². The van der Waals surface area contributed by atoms with E-state index in [0.717, 1.165) is 30.0 Å². The molecular formula is C14H25N3O2. The Morgan fingerprint density at radius 2 is 2.00 bits per heavy atom. The van der Waals surface area contributed by atoms with Gasteiger partial charge < -0.3 is 15.2 Å². The second-order valence-corrected chi connectivity index (χ2v) is 5.38. The van der Waals surface area contributed by atoms with Crippen molar-refractivity contribution in [1.82, 2.24) is 15.8 Å². The van der Waals surface area contributed by atoms with Gasteiger partial charge in [-0.25, -0.2) is 0 Å². The van der Waals surface area contributed by atoms with Crippen LogP contribution in [-0.2, 0) is 11.3 Å². The van der Waals surface area contributed by atoms with Gasteiger partial charge in [-0.1, -0.05) is 19.0 Å². The van der Waals surface area contributed by atoms with Gasteiger partial charge >= 0.3 is 0 Å². The van der Waals surface area contributed by atoms with Crippen molar-refractivity contribution in [3.63, 3.8) is 0 Å². The summed E-state index contributed by atoms with van der Waals surface area (Å²) in [5.41, 5.74) is 1.90. The molecule has 0 aliphatic carbocycles. The zero-order valence-corrected chi connectivity index (χ0v) is 12.5. The maximum atomic E-state index is 11.8. The van der Waals surface area contributed by atoms with Crippen LogP contribution in [0, 0.1) is 19.8 Å². The number of nitrogens with one attached hydrogen (secondary N) is 2. The topological polar surface area (TPSA) is 67.2 Å². The molecule has 0 bridgehead atoms. The Labute approximate surface area is 115 Å². The molecule has 1 heterocycles. The molecule has 0 radical (unpaired) electrons. The Morgan fingerprint density at radius 1 is 1.32 bits per heavy atom. The minimum atomic E-state index is -0.221. The van der Waals surface area contributed by atoms with Gasteiger partial charge in [0, 0.05) is 18.7 Å². The number of carbonyl (C=O) groups is 1. The Morgan fingerprint density at radius 3 is 2.53 bits per heavy atom. The molecule has 2 N–H and O–H groups in total. The molecule has 0 aliphatic rings. The van der Waals surface area contributed by atoms with Crippen molar-refractivity contribution in [3.8, 4) is 0 Å². The molecule has 1 unspecified atom stereocenters. The van der Waals surface area contributed by atoms with Crippen molar-refractivity contribution in [2.75, 3.05) is 6.54 Å². The van der Waals surface area contributed by atoms with Crippen LogP contribution in [0.15, 0.2) is 4.52 Å². The van der Waals surface area contributed by atoms with Gasteiger partial charge in [-0.05, 0) is 33.1 Å². The fourth-order valence-electron chi connectivity index (χ4n) is 1.74. The zero-order valence-electron chi connectivity index (χ0n) is 12.5. The lowest BCUT2D eigenvalue weighted by atomic mass is 10.1. The summed E-state index contributed by atoms with van der Waals surface area (Å²) in [5.74, 6) is 1.44. The summed E-state index contributed by atoms with van der Waals surface area (Å²) >= 11 is 0. The first-order chi connectivity index (χ1) is 8.91. The molecule has 108 valence electrons. The molecule has 1 atom stereocenters. The van der Waals surface area contributed by atoms with Crippen molar-refractivity contribution in [3.05, 3.63) is 17.0 Å². The lowest BCUT2D eigenvalue weighted by molar-refractivity contribution is -0.122. The van der Waals surface area contributed by atoms with Crippen LogP contribution in [0.2, 0.25) is 0 Å². The average molecular weight is 267 g/mol. The third-order valence-corrected chi connectivity index (χ3v) is 3.18. The fourth-order valence-corrected chi connectivity index (χ4v) is 1.74. The molecule has 19 heavy (non-hydrogen) atoms. The highest BCUT2D eigenvalue weighted by atomic mass is 16.5. The van der Waals surface area contributed by atoms with Gasteiger partial charge in [0.1, 0.15) is 5.76 Å². The molecule has 0 aliphatic heterocycles. The fraction of sp³-hybridized carbons (Fsp3) is 0.714. The molecule has 0 spiro atoms. The third-order valence-electron chi connectivity index (χ3n) is 3.18. The van der Waals surface area contributed by atoms with Crippen molar-refractivity contribution in [2.45, 2.75) is 53.6 Å². The van der Waals surface area contributed by atoms with E-state index >= 15 is 0 Å². The molecule has 0 aromatic carbocycles. The number of aryl methyl sites for hydroxylation is 2. The van der Waals surface area contributed by atoms with Crippen LogP contribution in [-0.4, -0.2) is 23.7 Å². The van der Waals surface area contributed by atoms with E-state index < -0.39 is 0 Å². The van der Waals surface area contributed by atoms with Crippen LogP contribution in [0.4, 0.5) is 0 Å². The van der Waals surface area contributed by atoms with E-state index in [0.29, 0.717) is 12.5 Å². The van der Waals surface area contributed by atoms with Gasteiger partial charge in [0.25, 0.3) is 0 Å². The molecular weight excluding hydrogens is 242 g/mol. The molecule has 5 nitrogen and oxygen atoms in total. The van der Waals surface area contributed by atoms with Gasteiger partial charge in [-0.15, -0.1) is 0 Å². The molecule has 0 fully saturated rings. The van der Waals surface area contributed by atoms with Crippen LogP contribution in [0.1, 0.15) is 44.2 Å². The van der Waals surface area contributed by atoms with Gasteiger partial charge in [0.2, 0.25) is 5.91 Å². The van der Waals surface area contributed by atoms with E-state index in [1.165, 1.54) is 0 Å². The van der Waals surface area contributed by atoms with Crippen LogP contribution >= 0.6 is 0 Å². The Bertz CT molecular complexity index is 393. The molecule has 0 saturated heterocycles. The lowest BCUT2D eigenvalue weighted by Gasteiger charge is -2.14. The normalized spacial score (nSPS) is 12.7. The van der Waals surface area contributed by atoms with Gasteiger partial charge in [-0.2, -0.15) is 0 Å². The van der Waals surface area contributed by atoms with Crippen LogP contribution in [0.3, 0.4) is 0 Å². The Kier molecular flexibility index (Phi) is 6.02. The SMILES string of the molecule is Cc1noc(C)c1CNC(C)C(=O)NCCC(C)C. The minimum absolute atomic E-state index is 0.0346. The summed E-state index contributed by atoms with van der Waals surface area (Å²) in [6.07, 6.45) is 1.00. The molecule has 5 heteroatoms. The van der Waals surface area contributed by atoms with E-state index in [4.69, 9.17) is 4.52 Å². The smallest absolute Gasteiger partial charge is 0.236 e. The van der Waals surface area contributed by atoms with Crippen molar-refractivity contribution in [2.24, 2.45) is 5.92 Å². The van der Waals surface area contributed by atoms with Crippen molar-refractivity contribution < 1.29 is 9.32 Å². The highest BCUT2D eigenvalue weighted by Gasteiger charge is 2.14. The molecule has 0 saturated carbocycles. The number of hydrogen-bond acceptors (Lipinski definition) is 4. The summed E-state index contributed by atoms with van der Waals surface area (Å²) in [6.45, 7) is 11.3. The number of carbonyl (C=O) groups excluding carboxylic acids is 1. The largest absolute Gasteiger partial charge is 0.361 e. The maximum absolute atomic E-state index is 11.8. The Hall–Kier alpha value is -1.36. The number of aromatic nitrogens is 1. The van der Waals surface area contributed by atoms with Crippen LogP contribution in [0.5, 0.6) is 0 Å². The van der Waals surface area contributed by atoms with E-state index in [1.807, 2.05) is 20.8 Å². The molecule has 1 rings (SSSR count). The molecule has 1 aromatic rings. The van der Waals surface area contributed by atoms with E-state index in [1.54, 1.807) is 0 Å². The number of hydrogen-bond donors (Lipinski definition) is 2. The highest BCUT2D eigenvalue weighted by Crippen LogP contribution is 2.11. The van der Waals surface area contributed by atoms with Crippen molar-refractivity contribution in [1.29, 1.82) is 0 Å². The second kappa shape index (κ2) is 7.28. The first kappa shape index (κ1) is 15.7. The summed E-state index contributed by atoms with van der Waals surface area (Å²) in [5, 5.41) is 10.0. The summed E-state index contributed by atoms with van der Waals surface area (Å²) in [4.78, 5) is 11.8. The second-order valence-electron chi connectivity index (χ2n) is 5.38. The lowest BCUT2D eigenvalue weighted by Crippen LogP contribution is -2.42. The van der Waals surface area contributed by atoms with E-state index in [2.05, 4.69) is 29.6 Å². The monoisotopic (exact) mass is 267 g/mol. The molecule has 1 amide bonds. The zero-order chi connectivity index (χ0) is 14.4. The van der Waals surface area contributed by atoms with Gasteiger partial charge in [-0.3, -0.25) is 4.79 Å². The third kappa shape index (κ3) is 5.03.